The first kappa shape index (κ1) is 19.4. The van der Waals surface area contributed by atoms with E-state index in [1.807, 2.05) is 0 Å². The molecule has 0 amide bonds. The molecule has 0 unspecified atom stereocenters. The molecule has 0 spiro atoms. The summed E-state index contributed by atoms with van der Waals surface area (Å²) in [4.78, 5) is 23.5. The summed E-state index contributed by atoms with van der Waals surface area (Å²) < 4.78 is 35.7. The Morgan fingerprint density at radius 2 is 1.96 bits per heavy atom. The second kappa shape index (κ2) is 7.53. The molecule has 0 radical (unpaired) electrons. The van der Waals surface area contributed by atoms with Crippen molar-refractivity contribution in [3.8, 4) is 5.75 Å². The summed E-state index contributed by atoms with van der Waals surface area (Å²) in [5.74, 6) is 0.0732. The first-order valence-corrected chi connectivity index (χ1v) is 9.75. The number of sulfonamides is 1. The molecule has 1 aliphatic carbocycles. The smallest absolute Gasteiger partial charge is 0.319 e. The van der Waals surface area contributed by atoms with Gasteiger partial charge in [-0.1, -0.05) is 12.1 Å². The molecule has 0 bridgehead atoms. The monoisotopic (exact) mass is 369 g/mol. The molecule has 1 fully saturated rings. The van der Waals surface area contributed by atoms with Gasteiger partial charge in [0.15, 0.2) is 0 Å². The third-order valence-electron chi connectivity index (χ3n) is 4.67. The third-order valence-corrected chi connectivity index (χ3v) is 5.95. The number of esters is 1. The van der Waals surface area contributed by atoms with Crippen molar-refractivity contribution in [2.24, 2.45) is 5.41 Å². The van der Waals surface area contributed by atoms with E-state index >= 15 is 0 Å². The van der Waals surface area contributed by atoms with E-state index in [0.29, 0.717) is 18.5 Å². The zero-order valence-corrected chi connectivity index (χ0v) is 15.4. The number of methoxy groups -OCH3 is 2. The maximum Gasteiger partial charge on any atom is 0.319 e. The average molecular weight is 369 g/mol. The molecule has 0 aromatic heterocycles. The fourth-order valence-electron chi connectivity index (χ4n) is 3.27. The lowest BCUT2D eigenvalue weighted by Gasteiger charge is -2.28. The summed E-state index contributed by atoms with van der Waals surface area (Å²) >= 11 is 0. The van der Waals surface area contributed by atoms with Gasteiger partial charge in [0, 0.05) is 12.6 Å². The Bertz CT molecular complexity index is 730. The van der Waals surface area contributed by atoms with Crippen LogP contribution in [0.5, 0.6) is 5.75 Å². The summed E-state index contributed by atoms with van der Waals surface area (Å²) in [6, 6.07) is 6.67. The molecule has 0 aliphatic heterocycles. The first-order valence-electron chi connectivity index (χ1n) is 7.90. The summed E-state index contributed by atoms with van der Waals surface area (Å²) in [6.45, 7) is 0.170. The zero-order chi connectivity index (χ0) is 18.7. The van der Waals surface area contributed by atoms with Gasteiger partial charge in [0.2, 0.25) is 10.0 Å². The van der Waals surface area contributed by atoms with Gasteiger partial charge < -0.3 is 14.3 Å². The number of aldehydes is 1. The number of rotatable bonds is 7. The van der Waals surface area contributed by atoms with Crippen LogP contribution in [0.25, 0.3) is 0 Å². The quantitative estimate of drug-likeness (QED) is 0.410. The van der Waals surface area contributed by atoms with E-state index in [1.54, 1.807) is 31.4 Å². The van der Waals surface area contributed by atoms with Crippen LogP contribution < -0.4 is 4.74 Å². The summed E-state index contributed by atoms with van der Waals surface area (Å²) in [5.41, 5.74) is -0.463. The number of nitrogens with zero attached hydrogens (tertiary/aromatic N) is 1. The van der Waals surface area contributed by atoms with E-state index in [2.05, 4.69) is 0 Å². The molecule has 1 aromatic rings. The molecule has 7 nitrogen and oxygen atoms in total. The molecule has 2 atom stereocenters. The van der Waals surface area contributed by atoms with Crippen LogP contribution >= 0.6 is 0 Å². The van der Waals surface area contributed by atoms with Crippen molar-refractivity contribution in [3.05, 3.63) is 29.8 Å². The largest absolute Gasteiger partial charge is 0.497 e. The Morgan fingerprint density at radius 1 is 1.32 bits per heavy atom. The van der Waals surface area contributed by atoms with Crippen LogP contribution in [0.4, 0.5) is 0 Å². The van der Waals surface area contributed by atoms with Crippen LogP contribution in [0, 0.1) is 5.41 Å². The van der Waals surface area contributed by atoms with Gasteiger partial charge in [0.1, 0.15) is 17.5 Å². The third kappa shape index (κ3) is 4.19. The molecule has 8 heteroatoms. The van der Waals surface area contributed by atoms with Gasteiger partial charge >= 0.3 is 5.97 Å². The Labute approximate surface area is 148 Å². The molecule has 0 heterocycles. The van der Waals surface area contributed by atoms with E-state index in [1.165, 1.54) is 11.4 Å². The van der Waals surface area contributed by atoms with Gasteiger partial charge in [0.25, 0.3) is 0 Å². The van der Waals surface area contributed by atoms with Crippen LogP contribution in [0.1, 0.15) is 24.8 Å². The molecule has 25 heavy (non-hydrogen) atoms. The second-order valence-corrected chi connectivity index (χ2v) is 8.25. The standard InChI is InChI=1S/C17H23NO6S/c1-23-15-6-4-13(5-7-15)11-18(25(3,21)22)14-8-9-17(10-14,12-19)16(20)24-2/h4-7,12,14H,8-11H2,1-3H3/t14-,17-/m0/s1. The summed E-state index contributed by atoms with van der Waals surface area (Å²) in [7, 11) is -0.733. The molecule has 1 aliphatic rings. The molecule has 2 rings (SSSR count). The molecule has 138 valence electrons. The van der Waals surface area contributed by atoms with Gasteiger partial charge in [-0.2, -0.15) is 4.31 Å². The van der Waals surface area contributed by atoms with Crippen LogP contribution in [-0.2, 0) is 30.9 Å². The molecule has 1 saturated carbocycles. The Balaban J connectivity index is 2.24. The Morgan fingerprint density at radius 3 is 2.44 bits per heavy atom. The molecule has 0 saturated heterocycles. The lowest BCUT2D eigenvalue weighted by Crippen LogP contribution is -2.40. The summed E-state index contributed by atoms with van der Waals surface area (Å²) in [6.07, 6.45) is 2.56. The highest BCUT2D eigenvalue weighted by atomic mass is 32.2. The molecular weight excluding hydrogens is 346 g/mol. The zero-order valence-electron chi connectivity index (χ0n) is 14.6. The van der Waals surface area contributed by atoms with Gasteiger partial charge in [-0.05, 0) is 37.0 Å². The number of ether oxygens (including phenoxy) is 2. The predicted molar refractivity (Wildman–Crippen MR) is 91.5 cm³/mol. The Kier molecular flexibility index (Phi) is 5.84. The van der Waals surface area contributed by atoms with Gasteiger partial charge in [-0.25, -0.2) is 8.42 Å². The minimum absolute atomic E-state index is 0.131. The highest BCUT2D eigenvalue weighted by molar-refractivity contribution is 7.88. The average Bonchev–Trinajstić information content (AvgIpc) is 3.03. The highest BCUT2D eigenvalue weighted by Crippen LogP contribution is 2.41. The molecular formula is C17H23NO6S. The predicted octanol–water partition coefficient (Wildman–Crippen LogP) is 1.37. The number of benzene rings is 1. The maximum atomic E-state index is 12.3. The van der Waals surface area contributed by atoms with Crippen molar-refractivity contribution in [2.75, 3.05) is 20.5 Å². The minimum atomic E-state index is -3.52. The first-order chi connectivity index (χ1) is 11.8. The van der Waals surface area contributed by atoms with E-state index in [0.717, 1.165) is 11.8 Å². The van der Waals surface area contributed by atoms with E-state index in [4.69, 9.17) is 9.47 Å². The fraction of sp³-hybridized carbons (Fsp3) is 0.529. The number of hydrogen-bond acceptors (Lipinski definition) is 6. The van der Waals surface area contributed by atoms with Crippen molar-refractivity contribution in [1.82, 2.24) is 4.31 Å². The van der Waals surface area contributed by atoms with Gasteiger partial charge in [0.05, 0.1) is 20.5 Å². The fourth-order valence-corrected chi connectivity index (χ4v) is 4.37. The molecule has 0 N–H and O–H groups in total. The summed E-state index contributed by atoms with van der Waals surface area (Å²) in [5, 5.41) is 0. The highest BCUT2D eigenvalue weighted by Gasteiger charge is 2.49. The molecule has 1 aromatic carbocycles. The van der Waals surface area contributed by atoms with Crippen molar-refractivity contribution in [1.29, 1.82) is 0 Å². The van der Waals surface area contributed by atoms with Crippen LogP contribution in [-0.4, -0.2) is 51.5 Å². The lowest BCUT2D eigenvalue weighted by molar-refractivity contribution is -0.154. The van der Waals surface area contributed by atoms with Gasteiger partial charge in [-0.3, -0.25) is 4.79 Å². The van der Waals surface area contributed by atoms with E-state index in [-0.39, 0.29) is 19.4 Å². The van der Waals surface area contributed by atoms with Crippen molar-refractivity contribution < 1.29 is 27.5 Å². The number of carbonyl (C=O) groups excluding carboxylic acids is 2. The number of carbonyl (C=O) groups is 2. The second-order valence-electron chi connectivity index (χ2n) is 6.32. The normalized spacial score (nSPS) is 23.4. The van der Waals surface area contributed by atoms with Crippen LogP contribution in [0.15, 0.2) is 24.3 Å². The number of hydrogen-bond donors (Lipinski definition) is 0. The minimum Gasteiger partial charge on any atom is -0.497 e. The van der Waals surface area contributed by atoms with Crippen molar-refractivity contribution in [3.63, 3.8) is 0 Å². The topological polar surface area (TPSA) is 90.0 Å². The van der Waals surface area contributed by atoms with E-state index in [9.17, 15) is 18.0 Å². The van der Waals surface area contributed by atoms with Crippen LogP contribution in [0.2, 0.25) is 0 Å². The Hall–Kier alpha value is -1.93. The van der Waals surface area contributed by atoms with Crippen molar-refractivity contribution >= 4 is 22.3 Å². The van der Waals surface area contributed by atoms with Gasteiger partial charge in [-0.15, -0.1) is 0 Å². The van der Waals surface area contributed by atoms with Crippen molar-refractivity contribution in [2.45, 2.75) is 31.8 Å². The van der Waals surface area contributed by atoms with Crippen LogP contribution in [0.3, 0.4) is 0 Å². The van der Waals surface area contributed by atoms with E-state index < -0.39 is 27.4 Å². The lowest BCUT2D eigenvalue weighted by atomic mass is 9.88. The maximum absolute atomic E-state index is 12.3. The SMILES string of the molecule is COC(=O)[C@@]1(C=O)CC[C@H](N(Cc2ccc(OC)cc2)S(C)(=O)=O)C1.